The number of benzene rings is 1. The van der Waals surface area contributed by atoms with E-state index in [0.717, 1.165) is 33.8 Å². The second-order valence-electron chi connectivity index (χ2n) is 13.1. The van der Waals surface area contributed by atoms with E-state index in [9.17, 15) is 33.9 Å². The van der Waals surface area contributed by atoms with Gasteiger partial charge in [0.1, 0.15) is 11.7 Å². The molecule has 0 amide bonds. The van der Waals surface area contributed by atoms with Crippen molar-refractivity contribution < 1.29 is 57.6 Å². The minimum absolute atomic E-state index is 0.0673. The van der Waals surface area contributed by atoms with Crippen LogP contribution >= 0.6 is 0 Å². The van der Waals surface area contributed by atoms with Crippen LogP contribution in [0, 0.1) is 17.3 Å². The summed E-state index contributed by atoms with van der Waals surface area (Å²) < 4.78 is 28.8. The lowest BCUT2D eigenvalue weighted by molar-refractivity contribution is -0.207. The Morgan fingerprint density at radius 3 is 1.87 bits per heavy atom. The number of allylic oxidation sites excluding steroid dienone is 1. The number of rotatable bonds is 6. The third kappa shape index (κ3) is 8.34. The second kappa shape index (κ2) is 14.2. The zero-order valence-electron chi connectivity index (χ0n) is 28.2. The summed E-state index contributed by atoms with van der Waals surface area (Å²) in [5, 5.41) is 12.3. The molecule has 1 aromatic rings. The van der Waals surface area contributed by atoms with Gasteiger partial charge in [-0.1, -0.05) is 58.0 Å². The lowest BCUT2D eigenvalue weighted by Crippen LogP contribution is -2.59. The number of aliphatic hydroxyl groups is 1. The van der Waals surface area contributed by atoms with E-state index in [2.05, 4.69) is 0 Å². The van der Waals surface area contributed by atoms with Crippen LogP contribution in [0.1, 0.15) is 79.1 Å². The van der Waals surface area contributed by atoms with Gasteiger partial charge in [-0.05, 0) is 25.1 Å². The molecule has 1 saturated carbocycles. The third-order valence-electron chi connectivity index (χ3n) is 8.33. The molecule has 12 heteroatoms. The number of hydrogen-bond donors (Lipinski definition) is 1. The van der Waals surface area contributed by atoms with Crippen molar-refractivity contribution in [3.8, 4) is 0 Å². The normalized spacial score (nSPS) is 32.0. The van der Waals surface area contributed by atoms with Crippen molar-refractivity contribution >= 4 is 35.6 Å². The number of ketones is 1. The Morgan fingerprint density at radius 1 is 0.787 bits per heavy atom. The SMILES string of the molecule is CC(=O)O[C@@H]1[C@@H](OC(C)=O)C(C)(C)C=C[C@H](C)C(=O)[C@@]2(OC(C)=O)C[C@@H](C)[C@H](OC(=O)c3ccccc3)C2=C[C@](C)(O)[C@H]1OC(C)=O. The van der Waals surface area contributed by atoms with Gasteiger partial charge in [-0.3, -0.25) is 24.0 Å². The monoisotopic (exact) mass is 656 g/mol. The molecule has 0 radical (unpaired) electrons. The fourth-order valence-corrected chi connectivity index (χ4v) is 6.32. The van der Waals surface area contributed by atoms with Gasteiger partial charge in [0.15, 0.2) is 29.7 Å². The van der Waals surface area contributed by atoms with Gasteiger partial charge in [-0.2, -0.15) is 0 Å². The zero-order chi connectivity index (χ0) is 35.5. The molecule has 2 aliphatic carbocycles. The van der Waals surface area contributed by atoms with Crippen molar-refractivity contribution in [2.75, 3.05) is 0 Å². The zero-order valence-corrected chi connectivity index (χ0v) is 28.2. The third-order valence-corrected chi connectivity index (χ3v) is 8.33. The van der Waals surface area contributed by atoms with Gasteiger partial charge in [0.05, 0.1) is 5.56 Å². The van der Waals surface area contributed by atoms with Gasteiger partial charge in [-0.15, -0.1) is 0 Å². The van der Waals surface area contributed by atoms with E-state index in [4.69, 9.17) is 23.7 Å². The number of fused-ring (bicyclic) bond motifs is 1. The Balaban J connectivity index is 2.42. The highest BCUT2D eigenvalue weighted by Crippen LogP contribution is 2.48. The highest BCUT2D eigenvalue weighted by molar-refractivity contribution is 5.97. The van der Waals surface area contributed by atoms with Crippen LogP contribution < -0.4 is 0 Å². The first kappa shape index (κ1) is 37.1. The molecule has 0 aromatic heterocycles. The molecular weight excluding hydrogens is 612 g/mol. The van der Waals surface area contributed by atoms with E-state index >= 15 is 0 Å². The predicted octanol–water partition coefficient (Wildman–Crippen LogP) is 3.83. The average molecular weight is 657 g/mol. The fourth-order valence-electron chi connectivity index (χ4n) is 6.32. The van der Waals surface area contributed by atoms with Crippen LogP contribution in [0.4, 0.5) is 0 Å². The largest absolute Gasteiger partial charge is 0.458 e. The number of ether oxygens (including phenoxy) is 5. The van der Waals surface area contributed by atoms with Crippen molar-refractivity contribution in [2.45, 2.75) is 104 Å². The lowest BCUT2D eigenvalue weighted by atomic mass is 9.74. The van der Waals surface area contributed by atoms with E-state index in [1.807, 2.05) is 0 Å². The number of esters is 5. The quantitative estimate of drug-likeness (QED) is 0.267. The highest BCUT2D eigenvalue weighted by atomic mass is 16.6. The first-order valence-electron chi connectivity index (χ1n) is 15.4. The van der Waals surface area contributed by atoms with Gasteiger partial charge in [0.25, 0.3) is 0 Å². The van der Waals surface area contributed by atoms with Gasteiger partial charge in [0.2, 0.25) is 0 Å². The van der Waals surface area contributed by atoms with Crippen molar-refractivity contribution in [2.24, 2.45) is 17.3 Å². The molecule has 256 valence electrons. The number of hydrogen-bond acceptors (Lipinski definition) is 12. The Hall–Kier alpha value is -4.32. The molecule has 47 heavy (non-hydrogen) atoms. The maximum atomic E-state index is 14.5. The standard InChI is InChI=1S/C35H44O12/c1-19-15-16-33(7,8)30(44-22(4)37)28(43-21(3)36)31(45-23(5)38)34(9,42)18-26-27(46-32(41)25-13-11-10-12-14-25)20(2)17-35(26,29(19)40)47-24(6)39/h10-16,18-20,27-28,30-31,42H,17H2,1-9H3/t19-,20+,27-,28+,30+,31-,34-,35+/m0/s1. The van der Waals surface area contributed by atoms with Gasteiger partial charge < -0.3 is 28.8 Å². The molecule has 0 bridgehead atoms. The van der Waals surface area contributed by atoms with Crippen LogP contribution in [-0.2, 0) is 47.7 Å². The summed E-state index contributed by atoms with van der Waals surface area (Å²) in [4.78, 5) is 77.9. The maximum absolute atomic E-state index is 14.5. The molecule has 1 fully saturated rings. The molecule has 0 spiro atoms. The summed E-state index contributed by atoms with van der Waals surface area (Å²) in [5.41, 5.74) is -5.38. The lowest BCUT2D eigenvalue weighted by Gasteiger charge is -2.43. The molecule has 2 aliphatic rings. The molecule has 0 heterocycles. The summed E-state index contributed by atoms with van der Waals surface area (Å²) >= 11 is 0. The van der Waals surface area contributed by atoms with Gasteiger partial charge in [-0.25, -0.2) is 4.79 Å². The van der Waals surface area contributed by atoms with E-state index in [0.29, 0.717) is 0 Å². The Labute approximate surface area is 274 Å². The van der Waals surface area contributed by atoms with Crippen molar-refractivity contribution in [3.63, 3.8) is 0 Å². The highest BCUT2D eigenvalue weighted by Gasteiger charge is 2.60. The first-order valence-corrected chi connectivity index (χ1v) is 15.4. The average Bonchev–Trinajstić information content (AvgIpc) is 3.20. The maximum Gasteiger partial charge on any atom is 0.338 e. The molecule has 1 aromatic carbocycles. The molecule has 3 rings (SSSR count). The van der Waals surface area contributed by atoms with Crippen LogP contribution in [-0.4, -0.2) is 76.4 Å². The molecule has 0 aliphatic heterocycles. The van der Waals surface area contributed by atoms with Crippen LogP contribution in [0.25, 0.3) is 0 Å². The summed E-state index contributed by atoms with van der Waals surface area (Å²) in [6, 6.07) is 8.11. The molecule has 8 atom stereocenters. The van der Waals surface area contributed by atoms with E-state index < -0.39 is 88.5 Å². The number of carbonyl (C=O) groups excluding carboxylic acids is 6. The van der Waals surface area contributed by atoms with Crippen molar-refractivity contribution in [1.29, 1.82) is 0 Å². The van der Waals surface area contributed by atoms with E-state index in [1.165, 1.54) is 6.92 Å². The Kier molecular flexibility index (Phi) is 11.2. The fraction of sp³-hybridized carbons (Fsp3) is 0.543. The summed E-state index contributed by atoms with van der Waals surface area (Å²) in [5.74, 6) is -6.12. The summed E-state index contributed by atoms with van der Waals surface area (Å²) in [6.07, 6.45) is -1.73. The minimum atomic E-state index is -2.32. The van der Waals surface area contributed by atoms with Crippen molar-refractivity contribution in [1.82, 2.24) is 0 Å². The summed E-state index contributed by atoms with van der Waals surface area (Å²) in [7, 11) is 0. The van der Waals surface area contributed by atoms with Crippen LogP contribution in [0.5, 0.6) is 0 Å². The van der Waals surface area contributed by atoms with Crippen LogP contribution in [0.3, 0.4) is 0 Å². The molecular formula is C35H44O12. The van der Waals surface area contributed by atoms with E-state index in [1.54, 1.807) is 70.2 Å². The van der Waals surface area contributed by atoms with Crippen LogP contribution in [0.15, 0.2) is 54.1 Å². The molecule has 1 N–H and O–H groups in total. The second-order valence-corrected chi connectivity index (χ2v) is 13.1. The van der Waals surface area contributed by atoms with Gasteiger partial charge >= 0.3 is 29.8 Å². The van der Waals surface area contributed by atoms with Crippen LogP contribution in [0.2, 0.25) is 0 Å². The Bertz CT molecular complexity index is 1460. The summed E-state index contributed by atoms with van der Waals surface area (Å²) in [6.45, 7) is 12.3. The van der Waals surface area contributed by atoms with E-state index in [-0.39, 0.29) is 17.6 Å². The number of Topliss-reactive ketones (excluding diaryl/α,β-unsaturated/α-hetero) is 1. The first-order chi connectivity index (χ1) is 21.7. The number of carbonyl (C=O) groups is 6. The smallest absolute Gasteiger partial charge is 0.338 e. The van der Waals surface area contributed by atoms with Crippen molar-refractivity contribution in [3.05, 3.63) is 59.7 Å². The topological polar surface area (TPSA) is 169 Å². The molecule has 12 nitrogen and oxygen atoms in total. The molecule has 0 unspecified atom stereocenters. The molecule has 0 saturated heterocycles. The predicted molar refractivity (Wildman–Crippen MR) is 166 cm³/mol. The Morgan fingerprint density at radius 2 is 1.34 bits per heavy atom. The minimum Gasteiger partial charge on any atom is -0.458 e. The van der Waals surface area contributed by atoms with Gasteiger partial charge in [0, 0.05) is 56.9 Å².